The van der Waals surface area contributed by atoms with E-state index in [1.54, 1.807) is 7.11 Å². The van der Waals surface area contributed by atoms with Crippen molar-refractivity contribution in [2.45, 2.75) is 18.6 Å². The number of hydrogen-bond acceptors (Lipinski definition) is 4. The molecule has 2 atom stereocenters. The van der Waals surface area contributed by atoms with Gasteiger partial charge in [0.05, 0.1) is 25.9 Å². The van der Waals surface area contributed by atoms with Gasteiger partial charge in [0.15, 0.2) is 0 Å². The average Bonchev–Trinajstić information content (AvgIpc) is 2.89. The zero-order chi connectivity index (χ0) is 12.1. The molecule has 4 heteroatoms. The van der Waals surface area contributed by atoms with Gasteiger partial charge in [0, 0.05) is 13.2 Å². The average molecular weight is 237 g/mol. The Kier molecular flexibility index (Phi) is 4.36. The topological polar surface area (TPSA) is 53.7 Å². The minimum atomic E-state index is -0.0624. The third-order valence-corrected chi connectivity index (χ3v) is 2.95. The summed E-state index contributed by atoms with van der Waals surface area (Å²) in [6.45, 7) is 1.93. The van der Waals surface area contributed by atoms with Crippen molar-refractivity contribution >= 4 is 0 Å². The van der Waals surface area contributed by atoms with Crippen LogP contribution in [0.15, 0.2) is 24.3 Å². The quantitative estimate of drug-likeness (QED) is 0.843. The highest BCUT2D eigenvalue weighted by molar-refractivity contribution is 5.28. The summed E-state index contributed by atoms with van der Waals surface area (Å²) in [5, 5.41) is 0. The predicted molar refractivity (Wildman–Crippen MR) is 65.1 cm³/mol. The monoisotopic (exact) mass is 237 g/mol. The lowest BCUT2D eigenvalue weighted by molar-refractivity contribution is -0.0125. The van der Waals surface area contributed by atoms with Crippen LogP contribution in [0.1, 0.15) is 18.1 Å². The second-order valence-electron chi connectivity index (χ2n) is 4.12. The van der Waals surface area contributed by atoms with E-state index < -0.39 is 0 Å². The maximum absolute atomic E-state index is 5.93. The van der Waals surface area contributed by atoms with Crippen molar-refractivity contribution in [1.29, 1.82) is 0 Å². The summed E-state index contributed by atoms with van der Waals surface area (Å²) in [4.78, 5) is 0. The lowest BCUT2D eigenvalue weighted by Crippen LogP contribution is -2.22. The highest BCUT2D eigenvalue weighted by Crippen LogP contribution is 2.23. The van der Waals surface area contributed by atoms with E-state index in [2.05, 4.69) is 0 Å². The first-order chi connectivity index (χ1) is 8.33. The lowest BCUT2D eigenvalue weighted by Gasteiger charge is -2.20. The molecule has 0 aromatic heterocycles. The number of methoxy groups -OCH3 is 1. The van der Waals surface area contributed by atoms with Crippen LogP contribution in [0.5, 0.6) is 5.75 Å². The van der Waals surface area contributed by atoms with Crippen molar-refractivity contribution in [3.8, 4) is 5.75 Å². The third-order valence-electron chi connectivity index (χ3n) is 2.95. The molecule has 1 saturated heterocycles. The van der Waals surface area contributed by atoms with Gasteiger partial charge in [-0.3, -0.25) is 0 Å². The molecule has 0 radical (unpaired) electrons. The molecule has 1 aromatic rings. The summed E-state index contributed by atoms with van der Waals surface area (Å²) in [6, 6.07) is 7.83. The van der Waals surface area contributed by atoms with Gasteiger partial charge in [0.25, 0.3) is 0 Å². The van der Waals surface area contributed by atoms with E-state index >= 15 is 0 Å². The number of rotatable bonds is 5. The number of benzene rings is 1. The minimum absolute atomic E-state index is 0.0624. The Morgan fingerprint density at radius 2 is 2.18 bits per heavy atom. The molecule has 2 N–H and O–H groups in total. The van der Waals surface area contributed by atoms with Crippen molar-refractivity contribution in [3.63, 3.8) is 0 Å². The van der Waals surface area contributed by atoms with Gasteiger partial charge < -0.3 is 19.9 Å². The molecular weight excluding hydrogens is 218 g/mol. The van der Waals surface area contributed by atoms with Crippen molar-refractivity contribution in [2.24, 2.45) is 5.73 Å². The van der Waals surface area contributed by atoms with Gasteiger partial charge in [-0.05, 0) is 24.1 Å². The van der Waals surface area contributed by atoms with E-state index in [1.807, 2.05) is 24.3 Å². The summed E-state index contributed by atoms with van der Waals surface area (Å²) in [5.41, 5.74) is 6.84. The van der Waals surface area contributed by atoms with Crippen molar-refractivity contribution in [1.82, 2.24) is 0 Å². The third kappa shape index (κ3) is 3.19. The summed E-state index contributed by atoms with van der Waals surface area (Å²) in [5.74, 6) is 0.841. The van der Waals surface area contributed by atoms with Crippen molar-refractivity contribution in [3.05, 3.63) is 29.8 Å². The van der Waals surface area contributed by atoms with Crippen LogP contribution < -0.4 is 10.5 Å². The number of nitrogens with two attached hydrogens (primary N) is 1. The van der Waals surface area contributed by atoms with Gasteiger partial charge in [-0.2, -0.15) is 0 Å². The molecule has 94 valence electrons. The van der Waals surface area contributed by atoms with Crippen LogP contribution in [0.3, 0.4) is 0 Å². The molecule has 2 rings (SSSR count). The molecule has 0 bridgehead atoms. The number of ether oxygens (including phenoxy) is 3. The summed E-state index contributed by atoms with van der Waals surface area (Å²) >= 11 is 0. The molecular formula is C13H19NO3. The Morgan fingerprint density at radius 3 is 2.71 bits per heavy atom. The Hall–Kier alpha value is -1.10. The summed E-state index contributed by atoms with van der Waals surface area (Å²) < 4.78 is 16.3. The summed E-state index contributed by atoms with van der Waals surface area (Å²) in [6.07, 6.45) is 1.06. The van der Waals surface area contributed by atoms with Crippen LogP contribution in [-0.4, -0.2) is 33.0 Å². The Balaban J connectivity index is 2.00. The molecule has 0 saturated carbocycles. The van der Waals surface area contributed by atoms with Crippen LogP contribution in [0, 0.1) is 0 Å². The van der Waals surface area contributed by atoms with Crippen LogP contribution >= 0.6 is 0 Å². The number of hydrogen-bond donors (Lipinski definition) is 1. The molecule has 1 aliphatic heterocycles. The molecule has 17 heavy (non-hydrogen) atoms. The fraction of sp³-hybridized carbons (Fsp3) is 0.538. The highest BCUT2D eigenvalue weighted by Gasteiger charge is 2.21. The van der Waals surface area contributed by atoms with E-state index in [9.17, 15) is 0 Å². The second-order valence-corrected chi connectivity index (χ2v) is 4.12. The van der Waals surface area contributed by atoms with E-state index in [0.29, 0.717) is 13.2 Å². The van der Waals surface area contributed by atoms with Crippen LogP contribution in [0.25, 0.3) is 0 Å². The predicted octanol–water partition coefficient (Wildman–Crippen LogP) is 1.50. The minimum Gasteiger partial charge on any atom is -0.497 e. The fourth-order valence-electron chi connectivity index (χ4n) is 1.94. The first-order valence-corrected chi connectivity index (χ1v) is 5.90. The molecule has 1 fully saturated rings. The molecule has 1 aromatic carbocycles. The molecule has 0 aliphatic carbocycles. The van der Waals surface area contributed by atoms with Crippen LogP contribution in [-0.2, 0) is 9.47 Å². The Bertz CT molecular complexity index is 333. The molecule has 4 nitrogen and oxygen atoms in total. The smallest absolute Gasteiger partial charge is 0.118 e. The first-order valence-electron chi connectivity index (χ1n) is 5.90. The highest BCUT2D eigenvalue weighted by atomic mass is 16.6. The van der Waals surface area contributed by atoms with Crippen molar-refractivity contribution in [2.75, 3.05) is 26.9 Å². The van der Waals surface area contributed by atoms with Crippen LogP contribution in [0.4, 0.5) is 0 Å². The molecule has 0 amide bonds. The van der Waals surface area contributed by atoms with Gasteiger partial charge in [0.2, 0.25) is 0 Å². The van der Waals surface area contributed by atoms with Gasteiger partial charge in [-0.15, -0.1) is 0 Å². The molecule has 0 spiro atoms. The zero-order valence-electron chi connectivity index (χ0n) is 10.1. The van der Waals surface area contributed by atoms with E-state index in [-0.39, 0.29) is 12.2 Å². The Morgan fingerprint density at radius 1 is 1.41 bits per heavy atom. The zero-order valence-corrected chi connectivity index (χ0v) is 10.1. The second kappa shape index (κ2) is 6.00. The van der Waals surface area contributed by atoms with E-state index in [1.165, 1.54) is 0 Å². The molecule has 2 unspecified atom stereocenters. The SMILES string of the molecule is COc1ccc(C(CN)OC2CCOC2)cc1. The van der Waals surface area contributed by atoms with E-state index in [4.69, 9.17) is 19.9 Å². The maximum Gasteiger partial charge on any atom is 0.118 e. The molecule has 1 aliphatic rings. The standard InChI is InChI=1S/C13H19NO3/c1-15-11-4-2-10(3-5-11)13(8-14)17-12-6-7-16-9-12/h2-5,12-13H,6-9,14H2,1H3. The fourth-order valence-corrected chi connectivity index (χ4v) is 1.94. The van der Waals surface area contributed by atoms with Gasteiger partial charge >= 0.3 is 0 Å². The molecule has 1 heterocycles. The maximum atomic E-state index is 5.93. The Labute approximate surface area is 102 Å². The van der Waals surface area contributed by atoms with Gasteiger partial charge in [0.1, 0.15) is 5.75 Å². The van der Waals surface area contributed by atoms with Gasteiger partial charge in [-0.1, -0.05) is 12.1 Å². The largest absolute Gasteiger partial charge is 0.497 e. The van der Waals surface area contributed by atoms with Crippen LogP contribution in [0.2, 0.25) is 0 Å². The first kappa shape index (κ1) is 12.4. The van der Waals surface area contributed by atoms with Crippen molar-refractivity contribution < 1.29 is 14.2 Å². The van der Waals surface area contributed by atoms with E-state index in [0.717, 1.165) is 24.3 Å². The van der Waals surface area contributed by atoms with Gasteiger partial charge in [-0.25, -0.2) is 0 Å². The lowest BCUT2D eigenvalue weighted by atomic mass is 10.1. The summed E-state index contributed by atoms with van der Waals surface area (Å²) in [7, 11) is 1.65. The normalized spacial score (nSPS) is 21.4.